The first kappa shape index (κ1) is 15.8. The van der Waals surface area contributed by atoms with Crippen LogP contribution in [0.25, 0.3) is 0 Å². The number of hydrogen-bond acceptors (Lipinski definition) is 4. The molecule has 4 heteroatoms. The lowest BCUT2D eigenvalue weighted by Gasteiger charge is -2.36. The molecule has 0 saturated heterocycles. The summed E-state index contributed by atoms with van der Waals surface area (Å²) >= 11 is 1.79. The Morgan fingerprint density at radius 3 is 2.85 bits per heavy atom. The van der Waals surface area contributed by atoms with Crippen molar-refractivity contribution in [2.24, 2.45) is 11.8 Å². The maximum Gasteiger partial charge on any atom is 0.185 e. The largest absolute Gasteiger partial charge is 0.348 e. The van der Waals surface area contributed by atoms with Crippen LogP contribution >= 0.6 is 11.3 Å². The zero-order valence-electron chi connectivity index (χ0n) is 13.4. The van der Waals surface area contributed by atoms with E-state index in [0.29, 0.717) is 12.0 Å². The molecule has 2 rings (SSSR count). The first-order valence-corrected chi connectivity index (χ1v) is 8.84. The van der Waals surface area contributed by atoms with Gasteiger partial charge in [0.1, 0.15) is 0 Å². The lowest BCUT2D eigenvalue weighted by molar-refractivity contribution is 0.321. The molecule has 1 fully saturated rings. The molecule has 1 heterocycles. The zero-order chi connectivity index (χ0) is 14.5. The minimum Gasteiger partial charge on any atom is -0.348 e. The Morgan fingerprint density at radius 1 is 1.40 bits per heavy atom. The summed E-state index contributed by atoms with van der Waals surface area (Å²) in [4.78, 5) is 7.22. The second-order valence-electron chi connectivity index (χ2n) is 6.59. The van der Waals surface area contributed by atoms with Gasteiger partial charge in [-0.15, -0.1) is 11.3 Å². The second kappa shape index (κ2) is 7.41. The Morgan fingerprint density at radius 2 is 2.15 bits per heavy atom. The summed E-state index contributed by atoms with van der Waals surface area (Å²) in [6.45, 7) is 8.81. The number of thiazole rings is 1. The molecule has 20 heavy (non-hydrogen) atoms. The summed E-state index contributed by atoms with van der Waals surface area (Å²) in [6.07, 6.45) is 5.45. The third-order valence-electron chi connectivity index (χ3n) is 4.26. The van der Waals surface area contributed by atoms with Crippen LogP contribution in [0, 0.1) is 11.8 Å². The maximum absolute atomic E-state index is 4.80. The van der Waals surface area contributed by atoms with Crippen molar-refractivity contribution in [3.05, 3.63) is 11.1 Å². The van der Waals surface area contributed by atoms with Crippen LogP contribution in [0.15, 0.2) is 5.38 Å². The fraction of sp³-hybridized carbons (Fsp3) is 0.812. The molecule has 0 spiro atoms. The van der Waals surface area contributed by atoms with Gasteiger partial charge in [0.05, 0.1) is 5.69 Å². The molecular formula is C16H29N3S. The molecule has 1 saturated carbocycles. The van der Waals surface area contributed by atoms with E-state index in [9.17, 15) is 0 Å². The summed E-state index contributed by atoms with van der Waals surface area (Å²) in [6, 6.07) is 0.673. The number of nitrogens with one attached hydrogen (secondary N) is 1. The highest BCUT2D eigenvalue weighted by Gasteiger charge is 2.26. The van der Waals surface area contributed by atoms with Crippen molar-refractivity contribution in [1.82, 2.24) is 10.3 Å². The topological polar surface area (TPSA) is 28.2 Å². The molecule has 1 aromatic heterocycles. The smallest absolute Gasteiger partial charge is 0.185 e. The summed E-state index contributed by atoms with van der Waals surface area (Å²) in [5.41, 5.74) is 1.18. The summed E-state index contributed by atoms with van der Waals surface area (Å²) in [5, 5.41) is 6.85. The van der Waals surface area contributed by atoms with Gasteiger partial charge in [0.15, 0.2) is 5.13 Å². The van der Waals surface area contributed by atoms with E-state index in [1.54, 1.807) is 11.3 Å². The van der Waals surface area contributed by atoms with Gasteiger partial charge in [0, 0.05) is 25.0 Å². The van der Waals surface area contributed by atoms with Gasteiger partial charge in [-0.2, -0.15) is 0 Å². The normalized spacial score (nSPS) is 23.2. The molecule has 1 aliphatic carbocycles. The Hall–Kier alpha value is -0.610. The van der Waals surface area contributed by atoms with Gasteiger partial charge in [0.25, 0.3) is 0 Å². The molecule has 0 aromatic carbocycles. The van der Waals surface area contributed by atoms with E-state index < -0.39 is 0 Å². The average Bonchev–Trinajstić information content (AvgIpc) is 2.87. The molecule has 114 valence electrons. The predicted octanol–water partition coefficient (Wildman–Crippen LogP) is 3.90. The van der Waals surface area contributed by atoms with E-state index in [2.05, 4.69) is 43.4 Å². The van der Waals surface area contributed by atoms with E-state index in [4.69, 9.17) is 4.98 Å². The Labute approximate surface area is 127 Å². The SMILES string of the molecule is CC(C)CNCc1csc(N(C)C2CCCCC2C)n1. The Bertz CT molecular complexity index is 402. The van der Waals surface area contributed by atoms with Gasteiger partial charge >= 0.3 is 0 Å². The highest BCUT2D eigenvalue weighted by molar-refractivity contribution is 7.13. The van der Waals surface area contributed by atoms with Crippen molar-refractivity contribution in [3.8, 4) is 0 Å². The number of nitrogens with zero attached hydrogens (tertiary/aromatic N) is 2. The fourth-order valence-electron chi connectivity index (χ4n) is 3.04. The summed E-state index contributed by atoms with van der Waals surface area (Å²) < 4.78 is 0. The lowest BCUT2D eigenvalue weighted by Crippen LogP contribution is -2.39. The number of aromatic nitrogens is 1. The van der Waals surface area contributed by atoms with E-state index in [0.717, 1.165) is 19.0 Å². The molecule has 2 unspecified atom stereocenters. The van der Waals surface area contributed by atoms with Crippen molar-refractivity contribution in [3.63, 3.8) is 0 Å². The van der Waals surface area contributed by atoms with Gasteiger partial charge in [-0.25, -0.2) is 4.98 Å². The van der Waals surface area contributed by atoms with Crippen molar-refractivity contribution in [2.75, 3.05) is 18.5 Å². The van der Waals surface area contributed by atoms with Crippen molar-refractivity contribution < 1.29 is 0 Å². The van der Waals surface area contributed by atoms with Crippen LogP contribution in [0.1, 0.15) is 52.1 Å². The van der Waals surface area contributed by atoms with Crippen LogP contribution in [0.5, 0.6) is 0 Å². The summed E-state index contributed by atoms with van der Waals surface area (Å²) in [7, 11) is 2.22. The molecule has 1 N–H and O–H groups in total. The van der Waals surface area contributed by atoms with Gasteiger partial charge in [-0.05, 0) is 31.2 Å². The Kier molecular flexibility index (Phi) is 5.85. The van der Waals surface area contributed by atoms with Gasteiger partial charge < -0.3 is 10.2 Å². The average molecular weight is 295 g/mol. The maximum atomic E-state index is 4.80. The molecule has 0 radical (unpaired) electrons. The van der Waals surface area contributed by atoms with Crippen molar-refractivity contribution in [2.45, 2.75) is 59.0 Å². The molecule has 0 amide bonds. The van der Waals surface area contributed by atoms with Crippen LogP contribution in [-0.2, 0) is 6.54 Å². The van der Waals surface area contributed by atoms with E-state index >= 15 is 0 Å². The van der Waals surface area contributed by atoms with Crippen LogP contribution in [0.4, 0.5) is 5.13 Å². The van der Waals surface area contributed by atoms with Gasteiger partial charge in [0.2, 0.25) is 0 Å². The molecule has 3 nitrogen and oxygen atoms in total. The lowest BCUT2D eigenvalue weighted by atomic mass is 9.85. The fourth-order valence-corrected chi connectivity index (χ4v) is 3.89. The van der Waals surface area contributed by atoms with Crippen molar-refractivity contribution >= 4 is 16.5 Å². The minimum absolute atomic E-state index is 0.673. The highest BCUT2D eigenvalue weighted by Crippen LogP contribution is 2.31. The first-order valence-electron chi connectivity index (χ1n) is 7.96. The standard InChI is InChI=1S/C16H29N3S/c1-12(2)9-17-10-14-11-20-16(18-14)19(4)15-8-6-5-7-13(15)3/h11-13,15,17H,5-10H2,1-4H3. The van der Waals surface area contributed by atoms with Crippen LogP contribution < -0.4 is 10.2 Å². The van der Waals surface area contributed by atoms with E-state index in [1.807, 2.05) is 0 Å². The molecule has 1 aliphatic rings. The van der Waals surface area contributed by atoms with Crippen LogP contribution in [-0.4, -0.2) is 24.6 Å². The number of rotatable bonds is 6. The van der Waals surface area contributed by atoms with E-state index in [-0.39, 0.29) is 0 Å². The van der Waals surface area contributed by atoms with Gasteiger partial charge in [-0.3, -0.25) is 0 Å². The van der Waals surface area contributed by atoms with E-state index in [1.165, 1.54) is 36.5 Å². The number of hydrogen-bond donors (Lipinski definition) is 1. The number of anilines is 1. The molecule has 0 bridgehead atoms. The third kappa shape index (κ3) is 4.19. The van der Waals surface area contributed by atoms with Crippen molar-refractivity contribution in [1.29, 1.82) is 0 Å². The third-order valence-corrected chi connectivity index (χ3v) is 5.24. The molecule has 1 aromatic rings. The summed E-state index contributed by atoms with van der Waals surface area (Å²) in [5.74, 6) is 1.49. The minimum atomic E-state index is 0.673. The second-order valence-corrected chi connectivity index (χ2v) is 7.42. The highest BCUT2D eigenvalue weighted by atomic mass is 32.1. The Balaban J connectivity index is 1.90. The monoisotopic (exact) mass is 295 g/mol. The molecular weight excluding hydrogens is 266 g/mol. The molecule has 2 atom stereocenters. The first-order chi connectivity index (χ1) is 9.58. The molecule has 0 aliphatic heterocycles. The van der Waals surface area contributed by atoms with Crippen LogP contribution in [0.3, 0.4) is 0 Å². The zero-order valence-corrected chi connectivity index (χ0v) is 14.2. The van der Waals surface area contributed by atoms with Crippen LogP contribution in [0.2, 0.25) is 0 Å². The van der Waals surface area contributed by atoms with Gasteiger partial charge in [-0.1, -0.05) is 33.6 Å². The predicted molar refractivity (Wildman–Crippen MR) is 88.5 cm³/mol. The quantitative estimate of drug-likeness (QED) is 0.862.